The van der Waals surface area contributed by atoms with E-state index in [1.807, 2.05) is 0 Å². The predicted octanol–water partition coefficient (Wildman–Crippen LogP) is 0.510. The lowest BCUT2D eigenvalue weighted by Crippen LogP contribution is -2.78. The second-order valence-corrected chi connectivity index (χ2v) is 13.1. The monoisotopic (exact) mass is 528 g/mol. The number of allylic oxidation sites excluding steroid dienone is 3. The Morgan fingerprint density at radius 3 is 2.50 bits per heavy atom. The van der Waals surface area contributed by atoms with Gasteiger partial charge in [0.15, 0.2) is 28.4 Å². The summed E-state index contributed by atoms with van der Waals surface area (Å²) in [4.78, 5) is 54.6. The number of aliphatic hydroxyl groups is 3. The summed E-state index contributed by atoms with van der Waals surface area (Å²) in [6.45, 7) is 6.53. The number of carbonyl (C=O) groups is 4. The fourth-order valence-corrected chi connectivity index (χ4v) is 9.51. The fourth-order valence-electron chi connectivity index (χ4n) is 9.51. The standard InChI is InChI=1S/C28H32O10/c1-12-21(32)36-17-11-23(12,2)19-20(31)27(35)18-14(24(3)13(10-15(18)29)6-5-7-16(24)30)8-9-26(34)22(33)37-25(17,4)28(19,26)38-27/h5,7,10,12,14-15,17-19,29,34-35H,6,8-9,11H2,1-4H3/t12-,14?,15-,17-,18?,19+,23-,24+,25+,26+,27-,28+/m1/s1. The molecule has 4 bridgehead atoms. The molecular formula is C28H32O10. The van der Waals surface area contributed by atoms with Crippen LogP contribution in [-0.2, 0) is 33.4 Å². The molecule has 0 radical (unpaired) electrons. The molecule has 0 aromatic rings. The second-order valence-electron chi connectivity index (χ2n) is 13.1. The van der Waals surface area contributed by atoms with E-state index in [9.17, 15) is 34.5 Å². The number of rotatable bonds is 0. The summed E-state index contributed by atoms with van der Waals surface area (Å²) in [6.07, 6.45) is 2.66. The Morgan fingerprint density at radius 1 is 1.08 bits per heavy atom. The summed E-state index contributed by atoms with van der Waals surface area (Å²) in [7, 11) is 0. The van der Waals surface area contributed by atoms with E-state index in [2.05, 4.69) is 0 Å². The van der Waals surface area contributed by atoms with Gasteiger partial charge in [0, 0.05) is 0 Å². The molecule has 0 aromatic heterocycles. The topological polar surface area (TPSA) is 157 Å². The normalized spacial score (nSPS) is 58.1. The SMILES string of the molecule is C[C@@H]1C(=O)O[C@@H]2C[C@@]1(C)[C@@H]1C(=O)[C@]3(O)O[C@]14[C@@]2(C)OC(=O)[C@@]4(O)CCC1C3[C@H](O)C=C2CC=CC(=O)[C@@]21C. The summed E-state index contributed by atoms with van der Waals surface area (Å²) >= 11 is 0. The summed E-state index contributed by atoms with van der Waals surface area (Å²) in [6, 6.07) is 0. The molecule has 4 heterocycles. The molecule has 204 valence electrons. The van der Waals surface area contributed by atoms with Gasteiger partial charge in [0.25, 0.3) is 0 Å². The average molecular weight is 529 g/mol. The molecule has 7 aliphatic rings. The van der Waals surface area contributed by atoms with Gasteiger partial charge in [0.05, 0.1) is 29.3 Å². The first-order chi connectivity index (χ1) is 17.6. The maximum Gasteiger partial charge on any atom is 0.342 e. The van der Waals surface area contributed by atoms with E-state index in [-0.39, 0.29) is 25.0 Å². The lowest BCUT2D eigenvalue weighted by molar-refractivity contribution is -0.350. The molecule has 1 spiro atoms. The molecule has 38 heavy (non-hydrogen) atoms. The third-order valence-electron chi connectivity index (χ3n) is 11.8. The predicted molar refractivity (Wildman–Crippen MR) is 126 cm³/mol. The molecule has 10 nitrogen and oxygen atoms in total. The van der Waals surface area contributed by atoms with Gasteiger partial charge < -0.3 is 29.5 Å². The van der Waals surface area contributed by atoms with Crippen LogP contribution in [0.5, 0.6) is 0 Å². The summed E-state index contributed by atoms with van der Waals surface area (Å²) < 4.78 is 18.0. The number of esters is 2. The Morgan fingerprint density at radius 2 is 1.79 bits per heavy atom. The summed E-state index contributed by atoms with van der Waals surface area (Å²) in [5.41, 5.74) is -7.93. The van der Waals surface area contributed by atoms with Crippen LogP contribution in [0.3, 0.4) is 0 Å². The maximum absolute atomic E-state index is 14.6. The zero-order chi connectivity index (χ0) is 27.4. The van der Waals surface area contributed by atoms with E-state index in [4.69, 9.17) is 14.2 Å². The zero-order valence-corrected chi connectivity index (χ0v) is 21.7. The highest BCUT2D eigenvalue weighted by atomic mass is 16.7. The minimum Gasteiger partial charge on any atom is -0.458 e. The van der Waals surface area contributed by atoms with Crippen molar-refractivity contribution in [2.24, 2.45) is 34.5 Å². The van der Waals surface area contributed by atoms with Gasteiger partial charge in [-0.1, -0.05) is 31.6 Å². The molecule has 10 heteroatoms. The van der Waals surface area contributed by atoms with Gasteiger partial charge in [-0.3, -0.25) is 14.4 Å². The Hall–Kier alpha value is -2.40. The van der Waals surface area contributed by atoms with Crippen molar-refractivity contribution >= 4 is 23.5 Å². The zero-order valence-electron chi connectivity index (χ0n) is 21.7. The first-order valence-corrected chi connectivity index (χ1v) is 13.4. The number of aliphatic hydroxyl groups excluding tert-OH is 1. The second kappa shape index (κ2) is 6.66. The lowest BCUT2D eigenvalue weighted by Gasteiger charge is -2.61. The number of carbonyl (C=O) groups excluding carboxylic acids is 4. The Balaban J connectivity index is 1.52. The third kappa shape index (κ3) is 2.19. The van der Waals surface area contributed by atoms with Crippen LogP contribution >= 0.6 is 0 Å². The lowest BCUT2D eigenvalue weighted by atomic mass is 9.46. The molecule has 7 rings (SSSR count). The van der Waals surface area contributed by atoms with Crippen LogP contribution in [0.1, 0.15) is 53.4 Å². The summed E-state index contributed by atoms with van der Waals surface area (Å²) in [5, 5.41) is 36.1. The van der Waals surface area contributed by atoms with Crippen LogP contribution in [0.25, 0.3) is 0 Å². The number of hydrogen-bond donors (Lipinski definition) is 3. The van der Waals surface area contributed by atoms with Crippen molar-refractivity contribution in [1.29, 1.82) is 0 Å². The minimum atomic E-state index is -2.67. The van der Waals surface area contributed by atoms with E-state index >= 15 is 0 Å². The van der Waals surface area contributed by atoms with E-state index < -0.39 is 87.0 Å². The van der Waals surface area contributed by atoms with Gasteiger partial charge in [-0.05, 0) is 56.9 Å². The quantitative estimate of drug-likeness (QED) is 0.299. The van der Waals surface area contributed by atoms with Crippen molar-refractivity contribution in [2.75, 3.05) is 0 Å². The average Bonchev–Trinajstić information content (AvgIpc) is 3.19. The van der Waals surface area contributed by atoms with E-state index in [1.54, 1.807) is 26.8 Å². The molecule has 2 unspecified atom stereocenters. The first kappa shape index (κ1) is 24.6. The van der Waals surface area contributed by atoms with Crippen LogP contribution in [0.4, 0.5) is 0 Å². The van der Waals surface area contributed by atoms with Crippen molar-refractivity contribution in [3.63, 3.8) is 0 Å². The summed E-state index contributed by atoms with van der Waals surface area (Å²) in [5.74, 6) is -9.59. The van der Waals surface area contributed by atoms with Crippen molar-refractivity contribution < 1.29 is 48.7 Å². The molecule has 0 aromatic carbocycles. The molecular weight excluding hydrogens is 496 g/mol. The van der Waals surface area contributed by atoms with E-state index in [1.165, 1.54) is 19.1 Å². The third-order valence-corrected chi connectivity index (χ3v) is 11.8. The molecule has 1 saturated carbocycles. The maximum atomic E-state index is 14.6. The number of fused-ring (bicyclic) bond motifs is 9. The molecule has 5 fully saturated rings. The molecule has 12 atom stereocenters. The number of ketones is 2. The Kier molecular flexibility index (Phi) is 4.31. The number of Topliss-reactive ketones (excluding diaryl/α,β-unsaturated/α-hetero) is 1. The van der Waals surface area contributed by atoms with Crippen LogP contribution in [0, 0.1) is 34.5 Å². The molecule has 4 saturated heterocycles. The van der Waals surface area contributed by atoms with Crippen LogP contribution < -0.4 is 0 Å². The van der Waals surface area contributed by atoms with Gasteiger partial charge in [0.2, 0.25) is 5.79 Å². The van der Waals surface area contributed by atoms with Crippen molar-refractivity contribution in [3.05, 3.63) is 23.8 Å². The molecule has 4 aliphatic heterocycles. The van der Waals surface area contributed by atoms with E-state index in [0.29, 0.717) is 12.0 Å². The van der Waals surface area contributed by atoms with Gasteiger partial charge >= 0.3 is 11.9 Å². The van der Waals surface area contributed by atoms with Gasteiger partial charge in [-0.15, -0.1) is 0 Å². The highest BCUT2D eigenvalue weighted by molar-refractivity contribution is 6.01. The first-order valence-electron chi connectivity index (χ1n) is 13.4. The van der Waals surface area contributed by atoms with Crippen LogP contribution in [0.15, 0.2) is 23.8 Å². The van der Waals surface area contributed by atoms with Crippen molar-refractivity contribution in [1.82, 2.24) is 0 Å². The largest absolute Gasteiger partial charge is 0.458 e. The van der Waals surface area contributed by atoms with E-state index in [0.717, 1.165) is 0 Å². The highest BCUT2D eigenvalue weighted by Crippen LogP contribution is 2.73. The van der Waals surface area contributed by atoms with Crippen molar-refractivity contribution in [2.45, 2.75) is 88.2 Å². The molecule has 3 aliphatic carbocycles. The van der Waals surface area contributed by atoms with Crippen molar-refractivity contribution in [3.8, 4) is 0 Å². The smallest absolute Gasteiger partial charge is 0.342 e. The minimum absolute atomic E-state index is 0.0287. The highest BCUT2D eigenvalue weighted by Gasteiger charge is 2.92. The van der Waals surface area contributed by atoms with Crippen LogP contribution in [-0.4, -0.2) is 73.6 Å². The molecule has 3 N–H and O–H groups in total. The number of hydrogen-bond acceptors (Lipinski definition) is 10. The fraction of sp³-hybridized carbons (Fsp3) is 0.714. The van der Waals surface area contributed by atoms with Gasteiger partial charge in [-0.2, -0.15) is 0 Å². The Bertz CT molecular complexity index is 1300. The molecule has 0 amide bonds. The van der Waals surface area contributed by atoms with Crippen LogP contribution in [0.2, 0.25) is 0 Å². The number of ether oxygens (including phenoxy) is 3. The Labute approximate surface area is 219 Å². The van der Waals surface area contributed by atoms with Gasteiger partial charge in [-0.25, -0.2) is 4.79 Å². The van der Waals surface area contributed by atoms with Gasteiger partial charge in [0.1, 0.15) is 6.10 Å².